The lowest BCUT2D eigenvalue weighted by Gasteiger charge is -2.35. The zero-order valence-corrected chi connectivity index (χ0v) is 11.2. The Labute approximate surface area is 95.8 Å². The fraction of sp³-hybridized carbons (Fsp3) is 1.00. The minimum Gasteiger partial charge on any atom is -0.384 e. The van der Waals surface area contributed by atoms with Crippen molar-refractivity contribution in [2.24, 2.45) is 11.3 Å². The molecule has 0 spiro atoms. The first kappa shape index (κ1) is 14.9. The molecule has 0 aliphatic heterocycles. The first-order valence-corrected chi connectivity index (χ1v) is 6.30. The van der Waals surface area contributed by atoms with Crippen LogP contribution in [0.3, 0.4) is 0 Å². The zero-order valence-electron chi connectivity index (χ0n) is 11.2. The van der Waals surface area contributed by atoms with E-state index < -0.39 is 0 Å². The van der Waals surface area contributed by atoms with Gasteiger partial charge in [0.2, 0.25) is 0 Å². The van der Waals surface area contributed by atoms with Crippen molar-refractivity contribution in [3.63, 3.8) is 0 Å². The van der Waals surface area contributed by atoms with E-state index in [4.69, 9.17) is 4.74 Å². The van der Waals surface area contributed by atoms with Crippen LogP contribution in [0.2, 0.25) is 0 Å². The minimum absolute atomic E-state index is 0.375. The van der Waals surface area contributed by atoms with Gasteiger partial charge in [-0.3, -0.25) is 0 Å². The van der Waals surface area contributed by atoms with Crippen LogP contribution in [0.5, 0.6) is 0 Å². The first-order chi connectivity index (χ1) is 7.10. The summed E-state index contributed by atoms with van der Waals surface area (Å²) in [6.45, 7) is 12.2. The number of ether oxygens (including phenoxy) is 1. The van der Waals surface area contributed by atoms with Crippen LogP contribution in [-0.4, -0.2) is 26.8 Å². The highest BCUT2D eigenvalue weighted by Crippen LogP contribution is 2.32. The van der Waals surface area contributed by atoms with Crippen LogP contribution in [0.25, 0.3) is 0 Å². The molecule has 2 unspecified atom stereocenters. The Balaban J connectivity index is 4.16. The molecular formula is C13H29NO. The fourth-order valence-corrected chi connectivity index (χ4v) is 2.08. The van der Waals surface area contributed by atoms with Crippen LogP contribution in [0.4, 0.5) is 0 Å². The standard InChI is InChI=1S/C13H29NO/c1-6-8-13(4,11-14-9-7-2)12(3)10-15-5/h12,14H,6-11H2,1-5H3. The summed E-state index contributed by atoms with van der Waals surface area (Å²) in [5.41, 5.74) is 0.375. The molecule has 0 fully saturated rings. The van der Waals surface area contributed by atoms with E-state index in [9.17, 15) is 0 Å². The largest absolute Gasteiger partial charge is 0.384 e. The van der Waals surface area contributed by atoms with Crippen molar-refractivity contribution in [3.8, 4) is 0 Å². The zero-order chi connectivity index (χ0) is 11.7. The fourth-order valence-electron chi connectivity index (χ4n) is 2.08. The van der Waals surface area contributed by atoms with Crippen molar-refractivity contribution >= 4 is 0 Å². The van der Waals surface area contributed by atoms with Crippen molar-refractivity contribution in [2.45, 2.75) is 47.0 Å². The molecule has 2 heteroatoms. The highest BCUT2D eigenvalue weighted by molar-refractivity contribution is 4.81. The van der Waals surface area contributed by atoms with E-state index in [1.807, 2.05) is 0 Å². The summed E-state index contributed by atoms with van der Waals surface area (Å²) in [4.78, 5) is 0. The molecule has 0 aromatic carbocycles. The Hall–Kier alpha value is -0.0800. The Morgan fingerprint density at radius 2 is 1.93 bits per heavy atom. The van der Waals surface area contributed by atoms with Crippen molar-refractivity contribution in [1.82, 2.24) is 5.32 Å². The van der Waals surface area contributed by atoms with Gasteiger partial charge in [0, 0.05) is 20.3 Å². The molecule has 0 radical (unpaired) electrons. The van der Waals surface area contributed by atoms with Gasteiger partial charge in [0.15, 0.2) is 0 Å². The van der Waals surface area contributed by atoms with E-state index in [2.05, 4.69) is 33.0 Å². The third kappa shape index (κ3) is 5.53. The van der Waals surface area contributed by atoms with E-state index in [1.54, 1.807) is 7.11 Å². The van der Waals surface area contributed by atoms with E-state index >= 15 is 0 Å². The van der Waals surface area contributed by atoms with Crippen LogP contribution in [0.1, 0.15) is 47.0 Å². The molecule has 0 aromatic rings. The Morgan fingerprint density at radius 1 is 1.27 bits per heavy atom. The lowest BCUT2D eigenvalue weighted by atomic mass is 9.75. The summed E-state index contributed by atoms with van der Waals surface area (Å²) in [6.07, 6.45) is 3.73. The van der Waals surface area contributed by atoms with Gasteiger partial charge in [0.05, 0.1) is 0 Å². The van der Waals surface area contributed by atoms with Crippen LogP contribution in [0, 0.1) is 11.3 Å². The molecule has 0 bridgehead atoms. The Bertz CT molecular complexity index is 149. The third-order valence-electron chi connectivity index (χ3n) is 3.38. The Morgan fingerprint density at radius 3 is 2.40 bits per heavy atom. The van der Waals surface area contributed by atoms with Crippen LogP contribution in [-0.2, 0) is 4.74 Å². The average molecular weight is 215 g/mol. The number of rotatable bonds is 9. The molecule has 0 rings (SSSR count). The van der Waals surface area contributed by atoms with Gasteiger partial charge in [0.25, 0.3) is 0 Å². The van der Waals surface area contributed by atoms with Crippen LogP contribution in [0.15, 0.2) is 0 Å². The molecule has 1 N–H and O–H groups in total. The molecule has 0 aliphatic carbocycles. The molecule has 2 atom stereocenters. The second-order valence-electron chi connectivity index (χ2n) is 4.94. The maximum atomic E-state index is 5.27. The normalized spacial score (nSPS) is 17.4. The van der Waals surface area contributed by atoms with E-state index in [0.717, 1.165) is 19.7 Å². The second kappa shape index (κ2) is 8.12. The molecule has 0 aliphatic rings. The molecule has 0 heterocycles. The van der Waals surface area contributed by atoms with E-state index in [-0.39, 0.29) is 0 Å². The minimum atomic E-state index is 0.375. The van der Waals surface area contributed by atoms with Crippen LogP contribution >= 0.6 is 0 Å². The van der Waals surface area contributed by atoms with Crippen molar-refractivity contribution in [2.75, 3.05) is 26.8 Å². The quantitative estimate of drug-likeness (QED) is 0.597. The van der Waals surface area contributed by atoms with E-state index in [0.29, 0.717) is 11.3 Å². The van der Waals surface area contributed by atoms with Gasteiger partial charge in [-0.2, -0.15) is 0 Å². The predicted molar refractivity (Wildman–Crippen MR) is 67.2 cm³/mol. The average Bonchev–Trinajstić information content (AvgIpc) is 2.19. The summed E-state index contributed by atoms with van der Waals surface area (Å²) in [5.74, 6) is 0.617. The highest BCUT2D eigenvalue weighted by Gasteiger charge is 2.29. The topological polar surface area (TPSA) is 21.3 Å². The smallest absolute Gasteiger partial charge is 0.0493 e. The van der Waals surface area contributed by atoms with Crippen molar-refractivity contribution in [1.29, 1.82) is 0 Å². The van der Waals surface area contributed by atoms with Gasteiger partial charge in [-0.1, -0.05) is 34.1 Å². The van der Waals surface area contributed by atoms with Gasteiger partial charge in [-0.05, 0) is 30.7 Å². The summed E-state index contributed by atoms with van der Waals surface area (Å²) < 4.78 is 5.27. The second-order valence-corrected chi connectivity index (χ2v) is 4.94. The maximum Gasteiger partial charge on any atom is 0.0493 e. The summed E-state index contributed by atoms with van der Waals surface area (Å²) in [5, 5.41) is 3.54. The Kier molecular flexibility index (Phi) is 8.07. The molecule has 0 amide bonds. The SMILES string of the molecule is CCCNCC(C)(CCC)C(C)COC. The molecule has 15 heavy (non-hydrogen) atoms. The number of hydrogen-bond donors (Lipinski definition) is 1. The summed E-state index contributed by atoms with van der Waals surface area (Å²) >= 11 is 0. The monoisotopic (exact) mass is 215 g/mol. The van der Waals surface area contributed by atoms with Crippen molar-refractivity contribution < 1.29 is 4.74 Å². The van der Waals surface area contributed by atoms with Gasteiger partial charge < -0.3 is 10.1 Å². The van der Waals surface area contributed by atoms with Gasteiger partial charge in [-0.15, -0.1) is 0 Å². The number of nitrogens with one attached hydrogen (secondary N) is 1. The maximum absolute atomic E-state index is 5.27. The molecule has 92 valence electrons. The van der Waals surface area contributed by atoms with Crippen LogP contribution < -0.4 is 5.32 Å². The number of methoxy groups -OCH3 is 1. The molecule has 0 aromatic heterocycles. The lowest BCUT2D eigenvalue weighted by Crippen LogP contribution is -2.39. The molecule has 0 saturated carbocycles. The molecule has 2 nitrogen and oxygen atoms in total. The van der Waals surface area contributed by atoms with E-state index in [1.165, 1.54) is 19.3 Å². The third-order valence-corrected chi connectivity index (χ3v) is 3.38. The van der Waals surface area contributed by atoms with Gasteiger partial charge >= 0.3 is 0 Å². The lowest BCUT2D eigenvalue weighted by molar-refractivity contribution is 0.0737. The summed E-state index contributed by atoms with van der Waals surface area (Å²) in [6, 6.07) is 0. The number of hydrogen-bond acceptors (Lipinski definition) is 2. The van der Waals surface area contributed by atoms with Gasteiger partial charge in [-0.25, -0.2) is 0 Å². The predicted octanol–water partition coefficient (Wildman–Crippen LogP) is 3.07. The summed E-state index contributed by atoms with van der Waals surface area (Å²) in [7, 11) is 1.79. The molecular weight excluding hydrogens is 186 g/mol. The molecule has 0 saturated heterocycles. The first-order valence-electron chi connectivity index (χ1n) is 6.30. The highest BCUT2D eigenvalue weighted by atomic mass is 16.5. The van der Waals surface area contributed by atoms with Crippen molar-refractivity contribution in [3.05, 3.63) is 0 Å². The van der Waals surface area contributed by atoms with Gasteiger partial charge in [0.1, 0.15) is 0 Å².